The van der Waals surface area contributed by atoms with E-state index in [2.05, 4.69) is 44.7 Å². The van der Waals surface area contributed by atoms with Crippen LogP contribution in [-0.4, -0.2) is 69.3 Å². The number of aryl methyl sites for hydroxylation is 1. The van der Waals surface area contributed by atoms with E-state index >= 15 is 0 Å². The number of hydrogen-bond donors (Lipinski definition) is 0. The predicted octanol–water partition coefficient (Wildman–Crippen LogP) is 1.04. The van der Waals surface area contributed by atoms with Gasteiger partial charge in [0.1, 0.15) is 6.54 Å². The van der Waals surface area contributed by atoms with Crippen LogP contribution in [0.4, 0.5) is 0 Å². The number of fused-ring (bicyclic) bond motifs is 1. The molecule has 2 aromatic rings. The second-order valence-corrected chi connectivity index (χ2v) is 7.25. The molecule has 8 heteroatoms. The monoisotopic (exact) mass is 370 g/mol. The van der Waals surface area contributed by atoms with E-state index in [1.165, 1.54) is 11.1 Å². The first kappa shape index (κ1) is 18.1. The minimum atomic E-state index is 0.0345. The molecular weight excluding hydrogens is 344 g/mol. The topological polar surface area (TPSA) is 76.4 Å². The zero-order chi connectivity index (χ0) is 18.6. The van der Waals surface area contributed by atoms with Crippen molar-refractivity contribution in [2.45, 2.75) is 38.4 Å². The molecular formula is C19H26N6O2. The highest BCUT2D eigenvalue weighted by Crippen LogP contribution is 2.33. The van der Waals surface area contributed by atoms with Gasteiger partial charge in [-0.2, -0.15) is 0 Å². The number of rotatable bonds is 5. The number of aromatic nitrogens is 4. The molecule has 1 saturated heterocycles. The number of nitrogens with zero attached hydrogens (tertiary/aromatic N) is 6. The van der Waals surface area contributed by atoms with Crippen molar-refractivity contribution in [3.05, 3.63) is 41.2 Å². The molecule has 144 valence electrons. The number of ether oxygens (including phenoxy) is 1. The smallest absolute Gasteiger partial charge is 0.244 e. The standard InChI is InChI=1S/C19H26N6O2/c1-23(17-8-4-6-15-5-2-3-7-16(15)17)19(26)14-25-18(20-21-22-25)13-24-9-11-27-12-10-24/h2-3,5,7,17H,4,6,8-14H2,1H3/t17-/m1/s1. The number of likely N-dealkylation sites (N-methyl/N-ethyl adjacent to an activating group) is 1. The number of carbonyl (C=O) groups excluding carboxylic acids is 1. The van der Waals surface area contributed by atoms with Crippen molar-refractivity contribution in [2.75, 3.05) is 33.4 Å². The van der Waals surface area contributed by atoms with E-state index in [-0.39, 0.29) is 18.5 Å². The predicted molar refractivity (Wildman–Crippen MR) is 98.8 cm³/mol. The molecule has 0 unspecified atom stereocenters. The van der Waals surface area contributed by atoms with Crippen LogP contribution >= 0.6 is 0 Å². The quantitative estimate of drug-likeness (QED) is 0.783. The fourth-order valence-corrected chi connectivity index (χ4v) is 3.96. The maximum Gasteiger partial charge on any atom is 0.244 e. The van der Waals surface area contributed by atoms with Gasteiger partial charge < -0.3 is 9.64 Å². The molecule has 0 N–H and O–H groups in total. The molecule has 1 aromatic heterocycles. The zero-order valence-corrected chi connectivity index (χ0v) is 15.8. The molecule has 0 radical (unpaired) electrons. The van der Waals surface area contributed by atoms with Crippen LogP contribution in [0.15, 0.2) is 24.3 Å². The van der Waals surface area contributed by atoms with Gasteiger partial charge in [-0.3, -0.25) is 9.69 Å². The highest BCUT2D eigenvalue weighted by molar-refractivity contribution is 5.76. The lowest BCUT2D eigenvalue weighted by atomic mass is 9.87. The van der Waals surface area contributed by atoms with Gasteiger partial charge in [-0.25, -0.2) is 4.68 Å². The van der Waals surface area contributed by atoms with Crippen molar-refractivity contribution in [3.8, 4) is 0 Å². The molecule has 2 aliphatic rings. The summed E-state index contributed by atoms with van der Waals surface area (Å²) in [5.41, 5.74) is 2.62. The van der Waals surface area contributed by atoms with Gasteiger partial charge in [0, 0.05) is 20.1 Å². The van der Waals surface area contributed by atoms with Crippen LogP contribution in [-0.2, 0) is 29.0 Å². The van der Waals surface area contributed by atoms with Gasteiger partial charge in [0.15, 0.2) is 5.82 Å². The molecule has 2 heterocycles. The van der Waals surface area contributed by atoms with E-state index < -0.39 is 0 Å². The normalized spacial score (nSPS) is 20.3. The van der Waals surface area contributed by atoms with Crippen LogP contribution in [0.25, 0.3) is 0 Å². The van der Waals surface area contributed by atoms with Crippen LogP contribution in [0, 0.1) is 0 Å². The number of carbonyl (C=O) groups is 1. The number of hydrogen-bond acceptors (Lipinski definition) is 6. The van der Waals surface area contributed by atoms with Crippen LogP contribution in [0.3, 0.4) is 0 Å². The minimum absolute atomic E-state index is 0.0345. The Morgan fingerprint density at radius 3 is 2.96 bits per heavy atom. The first-order valence-electron chi connectivity index (χ1n) is 9.61. The number of tetrazole rings is 1. The molecule has 1 aliphatic carbocycles. The summed E-state index contributed by atoms with van der Waals surface area (Å²) in [6.07, 6.45) is 3.19. The maximum absolute atomic E-state index is 12.9. The fourth-order valence-electron chi connectivity index (χ4n) is 3.96. The Kier molecular flexibility index (Phi) is 5.45. The van der Waals surface area contributed by atoms with Gasteiger partial charge in [-0.1, -0.05) is 24.3 Å². The minimum Gasteiger partial charge on any atom is -0.379 e. The Labute approximate surface area is 159 Å². The second-order valence-electron chi connectivity index (χ2n) is 7.25. The average Bonchev–Trinajstić information content (AvgIpc) is 3.14. The third kappa shape index (κ3) is 4.01. The van der Waals surface area contributed by atoms with E-state index in [1.54, 1.807) is 4.68 Å². The van der Waals surface area contributed by atoms with Crippen LogP contribution < -0.4 is 0 Å². The molecule has 8 nitrogen and oxygen atoms in total. The average molecular weight is 370 g/mol. The van der Waals surface area contributed by atoms with E-state index in [1.807, 2.05) is 11.9 Å². The highest BCUT2D eigenvalue weighted by atomic mass is 16.5. The molecule has 1 amide bonds. The summed E-state index contributed by atoms with van der Waals surface area (Å²) in [6.45, 7) is 3.98. The second kappa shape index (κ2) is 8.14. The number of morpholine rings is 1. The lowest BCUT2D eigenvalue weighted by molar-refractivity contribution is -0.133. The summed E-state index contributed by atoms with van der Waals surface area (Å²) in [5.74, 6) is 0.759. The van der Waals surface area contributed by atoms with Crippen LogP contribution in [0.1, 0.15) is 35.8 Å². The summed E-state index contributed by atoms with van der Waals surface area (Å²) >= 11 is 0. The summed E-state index contributed by atoms with van der Waals surface area (Å²) in [4.78, 5) is 17.0. The van der Waals surface area contributed by atoms with E-state index in [9.17, 15) is 4.79 Å². The summed E-state index contributed by atoms with van der Waals surface area (Å²) < 4.78 is 7.01. The van der Waals surface area contributed by atoms with Crippen LogP contribution in [0.5, 0.6) is 0 Å². The molecule has 1 fully saturated rings. The largest absolute Gasteiger partial charge is 0.379 e. The van der Waals surface area contributed by atoms with Gasteiger partial charge in [0.2, 0.25) is 5.91 Å². The Balaban J connectivity index is 1.43. The summed E-state index contributed by atoms with van der Waals surface area (Å²) in [7, 11) is 1.89. The van der Waals surface area contributed by atoms with Crippen molar-refractivity contribution < 1.29 is 9.53 Å². The molecule has 1 aliphatic heterocycles. The maximum atomic E-state index is 12.9. The molecule has 0 saturated carbocycles. The Hall–Kier alpha value is -2.32. The van der Waals surface area contributed by atoms with Crippen molar-refractivity contribution >= 4 is 5.91 Å². The van der Waals surface area contributed by atoms with Gasteiger partial charge in [0.25, 0.3) is 0 Å². The summed E-state index contributed by atoms with van der Waals surface area (Å²) in [6, 6.07) is 8.56. The van der Waals surface area contributed by atoms with Crippen LogP contribution in [0.2, 0.25) is 0 Å². The third-order valence-electron chi connectivity index (χ3n) is 5.56. The Morgan fingerprint density at radius 1 is 1.30 bits per heavy atom. The zero-order valence-electron chi connectivity index (χ0n) is 15.8. The Bertz CT molecular complexity index is 786. The lowest BCUT2D eigenvalue weighted by Gasteiger charge is -2.33. The molecule has 1 atom stereocenters. The van der Waals surface area contributed by atoms with E-state index in [4.69, 9.17) is 4.74 Å². The van der Waals surface area contributed by atoms with E-state index in [0.717, 1.165) is 51.4 Å². The van der Waals surface area contributed by atoms with Gasteiger partial charge >= 0.3 is 0 Å². The third-order valence-corrected chi connectivity index (χ3v) is 5.56. The molecule has 0 spiro atoms. The van der Waals surface area contributed by atoms with Crippen molar-refractivity contribution in [1.29, 1.82) is 0 Å². The van der Waals surface area contributed by atoms with Gasteiger partial charge in [-0.05, 0) is 40.8 Å². The highest BCUT2D eigenvalue weighted by Gasteiger charge is 2.27. The first-order chi connectivity index (χ1) is 13.2. The summed E-state index contributed by atoms with van der Waals surface area (Å²) in [5, 5.41) is 11.9. The molecule has 0 bridgehead atoms. The van der Waals surface area contributed by atoms with Gasteiger partial charge in [-0.15, -0.1) is 5.10 Å². The van der Waals surface area contributed by atoms with Crippen molar-refractivity contribution in [3.63, 3.8) is 0 Å². The number of benzene rings is 1. The Morgan fingerprint density at radius 2 is 2.11 bits per heavy atom. The molecule has 27 heavy (non-hydrogen) atoms. The van der Waals surface area contributed by atoms with Gasteiger partial charge in [0.05, 0.1) is 25.8 Å². The van der Waals surface area contributed by atoms with Crippen molar-refractivity contribution in [2.24, 2.45) is 0 Å². The fraction of sp³-hybridized carbons (Fsp3) is 0.579. The molecule has 4 rings (SSSR count). The lowest BCUT2D eigenvalue weighted by Crippen LogP contribution is -2.38. The number of amides is 1. The molecule has 1 aromatic carbocycles. The van der Waals surface area contributed by atoms with E-state index in [0.29, 0.717) is 6.54 Å². The first-order valence-corrected chi connectivity index (χ1v) is 9.61. The SMILES string of the molecule is CN(C(=O)Cn1nnnc1CN1CCOCC1)[C@@H]1CCCc2ccccc21. The van der Waals surface area contributed by atoms with Crippen molar-refractivity contribution in [1.82, 2.24) is 30.0 Å².